The number of hydrogen-bond donors (Lipinski definition) is 1. The number of aromatic nitrogens is 1. The maximum Gasteiger partial charge on any atom is 0.240 e. The fourth-order valence-electron chi connectivity index (χ4n) is 2.81. The summed E-state index contributed by atoms with van der Waals surface area (Å²) in [6.07, 6.45) is 0. The van der Waals surface area contributed by atoms with Crippen LogP contribution in [0.2, 0.25) is 0 Å². The molecule has 1 saturated heterocycles. The first-order valence-corrected chi connectivity index (χ1v) is 9.04. The zero-order chi connectivity index (χ0) is 17.1. The zero-order valence-electron chi connectivity index (χ0n) is 14.4. The molecule has 1 aliphatic heterocycles. The second-order valence-corrected chi connectivity index (χ2v) is 7.08. The van der Waals surface area contributed by atoms with Gasteiger partial charge in [0.05, 0.1) is 25.5 Å². The molecule has 1 N–H and O–H groups in total. The molecule has 1 fully saturated rings. The van der Waals surface area contributed by atoms with Crippen LogP contribution in [0.15, 0.2) is 17.5 Å². The molecule has 0 saturated carbocycles. The molecule has 0 bridgehead atoms. The van der Waals surface area contributed by atoms with Crippen molar-refractivity contribution in [2.75, 3.05) is 38.2 Å². The second-order valence-electron chi connectivity index (χ2n) is 6.23. The third-order valence-electron chi connectivity index (χ3n) is 4.34. The summed E-state index contributed by atoms with van der Waals surface area (Å²) in [6, 6.07) is 4.35. The number of morpholine rings is 1. The lowest BCUT2D eigenvalue weighted by molar-refractivity contribution is -0.118. The number of amides is 1. The Morgan fingerprint density at radius 3 is 2.67 bits per heavy atom. The highest BCUT2D eigenvalue weighted by Gasteiger charge is 2.16. The van der Waals surface area contributed by atoms with E-state index in [1.807, 2.05) is 5.38 Å². The van der Waals surface area contributed by atoms with Crippen LogP contribution in [-0.2, 0) is 9.53 Å². The Labute approximate surface area is 146 Å². The number of thiazole rings is 1. The van der Waals surface area contributed by atoms with Crippen molar-refractivity contribution < 1.29 is 9.53 Å². The van der Waals surface area contributed by atoms with E-state index in [2.05, 4.69) is 48.1 Å². The molecule has 2 heterocycles. The van der Waals surface area contributed by atoms with Crippen molar-refractivity contribution in [3.05, 3.63) is 34.2 Å². The summed E-state index contributed by atoms with van der Waals surface area (Å²) < 4.78 is 5.30. The quantitative estimate of drug-likeness (QED) is 0.925. The van der Waals surface area contributed by atoms with E-state index < -0.39 is 0 Å². The minimum Gasteiger partial charge on any atom is -0.379 e. The molecule has 1 aliphatic rings. The Kier molecular flexibility index (Phi) is 5.28. The van der Waals surface area contributed by atoms with Crippen LogP contribution < -0.4 is 5.32 Å². The van der Waals surface area contributed by atoms with Crippen molar-refractivity contribution in [2.24, 2.45) is 0 Å². The number of hydrogen-bond acceptors (Lipinski definition) is 5. The molecule has 128 valence electrons. The van der Waals surface area contributed by atoms with Crippen molar-refractivity contribution in [1.29, 1.82) is 0 Å². The van der Waals surface area contributed by atoms with Crippen LogP contribution in [0.5, 0.6) is 0 Å². The summed E-state index contributed by atoms with van der Waals surface area (Å²) in [4.78, 5) is 18.9. The normalized spacial score (nSPS) is 15.5. The van der Waals surface area contributed by atoms with E-state index >= 15 is 0 Å². The smallest absolute Gasteiger partial charge is 0.240 e. The van der Waals surface area contributed by atoms with E-state index in [1.165, 1.54) is 28.0 Å². The van der Waals surface area contributed by atoms with Gasteiger partial charge in [-0.15, -0.1) is 11.3 Å². The largest absolute Gasteiger partial charge is 0.379 e. The number of carbonyl (C=O) groups is 1. The SMILES string of the molecule is Cc1cc(C)c(-c2csc(NC(=O)CN3CCOCC3)n2)cc1C. The van der Waals surface area contributed by atoms with Gasteiger partial charge in [0.1, 0.15) is 0 Å². The molecule has 6 heteroatoms. The number of rotatable bonds is 4. The first-order valence-electron chi connectivity index (χ1n) is 8.16. The molecule has 1 aromatic heterocycles. The van der Waals surface area contributed by atoms with E-state index in [0.717, 1.165) is 24.3 Å². The molecule has 0 radical (unpaired) electrons. The molecule has 24 heavy (non-hydrogen) atoms. The van der Waals surface area contributed by atoms with Gasteiger partial charge in [0.2, 0.25) is 5.91 Å². The van der Waals surface area contributed by atoms with Crippen LogP contribution in [0.25, 0.3) is 11.3 Å². The Morgan fingerprint density at radius 1 is 1.21 bits per heavy atom. The lowest BCUT2D eigenvalue weighted by atomic mass is 9.99. The molecule has 3 rings (SSSR count). The highest BCUT2D eigenvalue weighted by molar-refractivity contribution is 7.14. The fourth-order valence-corrected chi connectivity index (χ4v) is 3.54. The summed E-state index contributed by atoms with van der Waals surface area (Å²) in [5.74, 6) is -0.0189. The van der Waals surface area contributed by atoms with E-state index in [-0.39, 0.29) is 5.91 Å². The van der Waals surface area contributed by atoms with Crippen molar-refractivity contribution in [2.45, 2.75) is 20.8 Å². The van der Waals surface area contributed by atoms with Gasteiger partial charge in [-0.2, -0.15) is 0 Å². The van der Waals surface area contributed by atoms with E-state index in [0.29, 0.717) is 24.9 Å². The van der Waals surface area contributed by atoms with Crippen LogP contribution in [0.1, 0.15) is 16.7 Å². The number of nitrogens with zero attached hydrogens (tertiary/aromatic N) is 2. The first kappa shape index (κ1) is 17.1. The Bertz CT molecular complexity index is 736. The predicted molar refractivity (Wildman–Crippen MR) is 97.6 cm³/mol. The van der Waals surface area contributed by atoms with E-state index in [9.17, 15) is 4.79 Å². The molecule has 0 spiro atoms. The summed E-state index contributed by atoms with van der Waals surface area (Å²) in [5, 5.41) is 5.57. The van der Waals surface area contributed by atoms with Crippen LogP contribution >= 0.6 is 11.3 Å². The Morgan fingerprint density at radius 2 is 1.92 bits per heavy atom. The number of carbonyl (C=O) groups excluding carboxylic acids is 1. The third-order valence-corrected chi connectivity index (χ3v) is 5.10. The first-order chi connectivity index (χ1) is 11.5. The number of aryl methyl sites for hydroxylation is 3. The van der Waals surface area contributed by atoms with Gasteiger partial charge in [-0.1, -0.05) is 6.07 Å². The minimum absolute atomic E-state index is 0.0189. The monoisotopic (exact) mass is 345 g/mol. The van der Waals surface area contributed by atoms with Crippen LogP contribution in [-0.4, -0.2) is 48.6 Å². The van der Waals surface area contributed by atoms with Crippen molar-refractivity contribution >= 4 is 22.4 Å². The molecular weight excluding hydrogens is 322 g/mol. The minimum atomic E-state index is -0.0189. The number of ether oxygens (including phenoxy) is 1. The summed E-state index contributed by atoms with van der Waals surface area (Å²) in [6.45, 7) is 9.71. The van der Waals surface area contributed by atoms with E-state index in [4.69, 9.17) is 4.74 Å². The molecule has 5 nitrogen and oxygen atoms in total. The Balaban J connectivity index is 1.67. The van der Waals surface area contributed by atoms with Gasteiger partial charge >= 0.3 is 0 Å². The summed E-state index contributed by atoms with van der Waals surface area (Å²) in [5.41, 5.74) is 5.78. The number of anilines is 1. The predicted octanol–water partition coefficient (Wildman–Crippen LogP) is 3.01. The van der Waals surface area contributed by atoms with Gasteiger partial charge in [0.25, 0.3) is 0 Å². The molecule has 0 atom stereocenters. The average Bonchev–Trinajstić information content (AvgIpc) is 3.00. The zero-order valence-corrected chi connectivity index (χ0v) is 15.2. The number of benzene rings is 1. The van der Waals surface area contributed by atoms with Gasteiger partial charge in [-0.05, 0) is 43.5 Å². The Hall–Kier alpha value is -1.76. The van der Waals surface area contributed by atoms with Crippen molar-refractivity contribution in [3.63, 3.8) is 0 Å². The average molecular weight is 345 g/mol. The molecule has 2 aromatic rings. The summed E-state index contributed by atoms with van der Waals surface area (Å²) in [7, 11) is 0. The maximum absolute atomic E-state index is 12.2. The standard InChI is InChI=1S/C18H23N3O2S/c1-12-8-14(3)15(9-13(12)2)16-11-24-18(19-16)20-17(22)10-21-4-6-23-7-5-21/h8-9,11H,4-7,10H2,1-3H3,(H,19,20,22). The van der Waals surface area contributed by atoms with Gasteiger partial charge in [-0.3, -0.25) is 9.69 Å². The van der Waals surface area contributed by atoms with Crippen LogP contribution in [0.4, 0.5) is 5.13 Å². The fraction of sp³-hybridized carbons (Fsp3) is 0.444. The van der Waals surface area contributed by atoms with Crippen LogP contribution in [0, 0.1) is 20.8 Å². The molecule has 1 amide bonds. The topological polar surface area (TPSA) is 54.5 Å². The highest BCUT2D eigenvalue weighted by atomic mass is 32.1. The van der Waals surface area contributed by atoms with Crippen molar-refractivity contribution in [3.8, 4) is 11.3 Å². The van der Waals surface area contributed by atoms with Crippen LogP contribution in [0.3, 0.4) is 0 Å². The van der Waals surface area contributed by atoms with Gasteiger partial charge in [0.15, 0.2) is 5.13 Å². The highest BCUT2D eigenvalue weighted by Crippen LogP contribution is 2.29. The number of nitrogens with one attached hydrogen (secondary N) is 1. The van der Waals surface area contributed by atoms with E-state index in [1.54, 1.807) is 0 Å². The lowest BCUT2D eigenvalue weighted by Crippen LogP contribution is -2.41. The lowest BCUT2D eigenvalue weighted by Gasteiger charge is -2.25. The van der Waals surface area contributed by atoms with Gasteiger partial charge < -0.3 is 10.1 Å². The third kappa shape index (κ3) is 4.01. The van der Waals surface area contributed by atoms with Gasteiger partial charge in [0, 0.05) is 24.0 Å². The molecule has 1 aromatic carbocycles. The van der Waals surface area contributed by atoms with Crippen molar-refractivity contribution in [1.82, 2.24) is 9.88 Å². The summed E-state index contributed by atoms with van der Waals surface area (Å²) >= 11 is 1.47. The molecule has 0 unspecified atom stereocenters. The maximum atomic E-state index is 12.2. The van der Waals surface area contributed by atoms with Gasteiger partial charge in [-0.25, -0.2) is 4.98 Å². The second kappa shape index (κ2) is 7.42. The molecule has 0 aliphatic carbocycles. The molecular formula is C18H23N3O2S.